The lowest BCUT2D eigenvalue weighted by molar-refractivity contribution is -0.00347. The number of anilines is 1. The summed E-state index contributed by atoms with van der Waals surface area (Å²) in [5.41, 5.74) is 1.11. The maximum Gasteiger partial charge on any atom is 0.204 e. The first kappa shape index (κ1) is 18.7. The van der Waals surface area contributed by atoms with E-state index in [0.29, 0.717) is 27.9 Å². The van der Waals surface area contributed by atoms with E-state index < -0.39 is 18.2 Å². The van der Waals surface area contributed by atoms with Crippen molar-refractivity contribution in [3.8, 4) is 0 Å². The molecule has 3 rings (SSSR count). The lowest BCUT2D eigenvalue weighted by Gasteiger charge is -2.26. The molecular weight excluding hydrogens is 365 g/mol. The number of aromatic nitrogens is 2. The molecule has 1 fully saturated rings. The van der Waals surface area contributed by atoms with E-state index in [-0.39, 0.29) is 18.1 Å². The van der Waals surface area contributed by atoms with Crippen LogP contribution in [0.25, 0.3) is 11.0 Å². The van der Waals surface area contributed by atoms with Crippen LogP contribution in [0.15, 0.2) is 12.1 Å². The van der Waals surface area contributed by atoms with Crippen LogP contribution in [-0.2, 0) is 0 Å². The van der Waals surface area contributed by atoms with Gasteiger partial charge in [-0.05, 0) is 39.3 Å². The van der Waals surface area contributed by atoms with Gasteiger partial charge < -0.3 is 25.2 Å². The second-order valence-corrected chi connectivity index (χ2v) is 8.48. The lowest BCUT2D eigenvalue weighted by atomic mass is 10.1. The quantitative estimate of drug-likeness (QED) is 0.649. The summed E-state index contributed by atoms with van der Waals surface area (Å²) in [5, 5.41) is 34.3. The first-order valence-electron chi connectivity index (χ1n) is 8.24. The van der Waals surface area contributed by atoms with Gasteiger partial charge in [-0.15, -0.1) is 0 Å². The van der Waals surface area contributed by atoms with Gasteiger partial charge >= 0.3 is 0 Å². The molecule has 0 radical (unpaired) electrons. The smallest absolute Gasteiger partial charge is 0.204 e. The van der Waals surface area contributed by atoms with Crippen molar-refractivity contribution in [1.29, 1.82) is 0 Å². The van der Waals surface area contributed by atoms with Crippen LogP contribution in [0, 0.1) is 5.92 Å². The van der Waals surface area contributed by atoms with Crippen molar-refractivity contribution in [3.05, 3.63) is 22.2 Å². The molecular formula is C17H23Cl2N3O3. The van der Waals surface area contributed by atoms with Gasteiger partial charge in [-0.3, -0.25) is 0 Å². The molecule has 1 aliphatic carbocycles. The molecule has 25 heavy (non-hydrogen) atoms. The molecule has 1 aliphatic rings. The minimum atomic E-state index is -1.01. The summed E-state index contributed by atoms with van der Waals surface area (Å²) < 4.78 is 1.85. The first-order chi connectivity index (χ1) is 11.6. The number of halogens is 2. The fourth-order valence-corrected chi connectivity index (χ4v) is 3.70. The Kier molecular flexibility index (Phi) is 4.94. The molecule has 0 aliphatic heterocycles. The van der Waals surface area contributed by atoms with Crippen molar-refractivity contribution in [2.24, 2.45) is 5.92 Å². The summed E-state index contributed by atoms with van der Waals surface area (Å²) in [7, 11) is 0. The van der Waals surface area contributed by atoms with E-state index >= 15 is 0 Å². The van der Waals surface area contributed by atoms with Gasteiger partial charge in [0.25, 0.3) is 0 Å². The zero-order valence-electron chi connectivity index (χ0n) is 14.4. The molecule has 1 saturated carbocycles. The third-order valence-electron chi connectivity index (χ3n) is 4.56. The van der Waals surface area contributed by atoms with Crippen LogP contribution in [0.1, 0.15) is 33.2 Å². The average molecular weight is 388 g/mol. The second kappa shape index (κ2) is 6.59. The highest BCUT2D eigenvalue weighted by Gasteiger charge is 2.43. The third kappa shape index (κ3) is 3.46. The Morgan fingerprint density at radius 1 is 1.20 bits per heavy atom. The lowest BCUT2D eigenvalue weighted by Crippen LogP contribution is -2.32. The Morgan fingerprint density at radius 3 is 2.40 bits per heavy atom. The van der Waals surface area contributed by atoms with Crippen LogP contribution >= 0.6 is 23.2 Å². The highest BCUT2D eigenvalue weighted by molar-refractivity contribution is 6.42. The first-order valence-corrected chi connectivity index (χ1v) is 9.00. The van der Waals surface area contributed by atoms with E-state index in [0.717, 1.165) is 5.52 Å². The largest absolute Gasteiger partial charge is 0.396 e. The van der Waals surface area contributed by atoms with Gasteiger partial charge in [0.2, 0.25) is 5.95 Å². The molecule has 138 valence electrons. The van der Waals surface area contributed by atoms with Crippen molar-refractivity contribution in [3.63, 3.8) is 0 Å². The zero-order valence-corrected chi connectivity index (χ0v) is 15.9. The zero-order chi connectivity index (χ0) is 18.5. The number of fused-ring (bicyclic) bond motifs is 1. The Hall–Kier alpha value is -1.05. The summed E-state index contributed by atoms with van der Waals surface area (Å²) in [6, 6.07) is 2.97. The van der Waals surface area contributed by atoms with Gasteiger partial charge in [0.15, 0.2) is 0 Å². The van der Waals surface area contributed by atoms with Crippen LogP contribution in [0.4, 0.5) is 5.95 Å². The molecule has 1 aromatic heterocycles. The van der Waals surface area contributed by atoms with E-state index in [4.69, 9.17) is 23.2 Å². The number of imidazole rings is 1. The fourth-order valence-electron chi connectivity index (χ4n) is 3.39. The molecule has 1 heterocycles. The van der Waals surface area contributed by atoms with Crippen molar-refractivity contribution in [2.75, 3.05) is 11.9 Å². The average Bonchev–Trinajstić information content (AvgIpc) is 2.96. The number of aliphatic hydroxyl groups is 3. The molecule has 4 unspecified atom stereocenters. The fraction of sp³-hybridized carbons (Fsp3) is 0.588. The van der Waals surface area contributed by atoms with Crippen LogP contribution in [-0.4, -0.2) is 49.2 Å². The minimum absolute atomic E-state index is 0.185. The van der Waals surface area contributed by atoms with Crippen LogP contribution in [0.2, 0.25) is 10.0 Å². The molecule has 2 aromatic rings. The summed E-state index contributed by atoms with van der Waals surface area (Å²) >= 11 is 12.3. The summed E-state index contributed by atoms with van der Waals surface area (Å²) in [6.07, 6.45) is -1.56. The predicted octanol–water partition coefficient (Wildman–Crippen LogP) is 2.83. The molecule has 0 bridgehead atoms. The van der Waals surface area contributed by atoms with Crippen molar-refractivity contribution >= 4 is 40.2 Å². The van der Waals surface area contributed by atoms with E-state index in [2.05, 4.69) is 10.3 Å². The van der Waals surface area contributed by atoms with Crippen LogP contribution in [0.3, 0.4) is 0 Å². The summed E-state index contributed by atoms with van der Waals surface area (Å²) in [6.45, 7) is 5.84. The molecule has 0 saturated heterocycles. The summed E-state index contributed by atoms with van der Waals surface area (Å²) in [5.74, 6) is 0.179. The van der Waals surface area contributed by atoms with Crippen molar-refractivity contribution < 1.29 is 15.3 Å². The normalized spacial score (nSPS) is 27.2. The topological polar surface area (TPSA) is 90.5 Å². The van der Waals surface area contributed by atoms with Gasteiger partial charge in [0.05, 0.1) is 33.2 Å². The molecule has 4 N–H and O–H groups in total. The minimum Gasteiger partial charge on any atom is -0.396 e. The number of hydrogen-bond acceptors (Lipinski definition) is 5. The third-order valence-corrected chi connectivity index (χ3v) is 5.28. The van der Waals surface area contributed by atoms with Gasteiger partial charge in [-0.2, -0.15) is 0 Å². The second-order valence-electron chi connectivity index (χ2n) is 7.66. The van der Waals surface area contributed by atoms with E-state index in [1.54, 1.807) is 12.1 Å². The van der Waals surface area contributed by atoms with Crippen molar-refractivity contribution in [2.45, 2.75) is 51.0 Å². The van der Waals surface area contributed by atoms with E-state index in [9.17, 15) is 15.3 Å². The van der Waals surface area contributed by atoms with Gasteiger partial charge in [-0.25, -0.2) is 4.98 Å². The SMILES string of the molecule is CC(C)(C)Nc1nc2cc(Cl)c(Cl)cc2n1C1CC(CO)C(O)C1O. The number of rotatable bonds is 3. The maximum absolute atomic E-state index is 10.5. The van der Waals surface area contributed by atoms with Gasteiger partial charge in [0.1, 0.15) is 6.10 Å². The van der Waals surface area contributed by atoms with Crippen LogP contribution < -0.4 is 5.32 Å². The molecule has 4 atom stereocenters. The Balaban J connectivity index is 2.17. The monoisotopic (exact) mass is 387 g/mol. The Bertz CT molecular complexity index is 788. The van der Waals surface area contributed by atoms with E-state index in [1.165, 1.54) is 0 Å². The number of benzene rings is 1. The summed E-state index contributed by atoms with van der Waals surface area (Å²) in [4.78, 5) is 4.61. The van der Waals surface area contributed by atoms with Crippen molar-refractivity contribution in [1.82, 2.24) is 9.55 Å². The highest BCUT2D eigenvalue weighted by Crippen LogP contribution is 2.41. The highest BCUT2D eigenvalue weighted by atomic mass is 35.5. The molecule has 0 amide bonds. The number of hydrogen-bond donors (Lipinski definition) is 4. The van der Waals surface area contributed by atoms with E-state index in [1.807, 2.05) is 25.3 Å². The molecule has 6 nitrogen and oxygen atoms in total. The Morgan fingerprint density at radius 2 is 1.84 bits per heavy atom. The maximum atomic E-state index is 10.5. The van der Waals surface area contributed by atoms with Gasteiger partial charge in [0, 0.05) is 18.1 Å². The molecule has 1 aromatic carbocycles. The molecule has 8 heteroatoms. The van der Waals surface area contributed by atoms with Crippen LogP contribution in [0.5, 0.6) is 0 Å². The number of nitrogens with one attached hydrogen (secondary N) is 1. The predicted molar refractivity (Wildman–Crippen MR) is 99.4 cm³/mol. The molecule has 0 spiro atoms. The number of aliphatic hydroxyl groups excluding tert-OH is 3. The number of nitrogens with zero attached hydrogens (tertiary/aromatic N) is 2. The van der Waals surface area contributed by atoms with Gasteiger partial charge in [-0.1, -0.05) is 23.2 Å². The standard InChI is InChI=1S/C17H23Cl2N3O3/c1-17(2,3)21-16-20-11-5-9(18)10(19)6-12(11)22(16)13-4-8(7-23)14(24)15(13)25/h5-6,8,13-15,23-25H,4,7H2,1-3H3,(H,20,21). The Labute approximate surface area is 156 Å².